The highest BCUT2D eigenvalue weighted by Crippen LogP contribution is 2.31. The first-order valence-electron chi connectivity index (χ1n) is 5.81. The fourth-order valence-corrected chi connectivity index (χ4v) is 2.18. The molecule has 1 nitrogen and oxygen atoms in total. The summed E-state index contributed by atoms with van der Waals surface area (Å²) in [6, 6.07) is 0. The summed E-state index contributed by atoms with van der Waals surface area (Å²) in [5.74, 6) is 2.38. The van der Waals surface area contributed by atoms with E-state index in [0.29, 0.717) is 12.0 Å². The molecule has 0 radical (unpaired) electrons. The van der Waals surface area contributed by atoms with Crippen LogP contribution in [0.25, 0.3) is 0 Å². The summed E-state index contributed by atoms with van der Waals surface area (Å²) in [6.45, 7) is 7.86. The minimum absolute atomic E-state index is 0.530. The van der Waals surface area contributed by atoms with Crippen LogP contribution >= 0.6 is 15.9 Å². The molecule has 0 spiro atoms. The summed E-state index contributed by atoms with van der Waals surface area (Å²) in [4.78, 5) is 0. The Morgan fingerprint density at radius 1 is 1.29 bits per heavy atom. The lowest BCUT2D eigenvalue weighted by molar-refractivity contribution is -0.00854. The van der Waals surface area contributed by atoms with Gasteiger partial charge in [-0.2, -0.15) is 0 Å². The largest absolute Gasteiger partial charge is 0.378 e. The molecule has 1 aliphatic rings. The first-order chi connectivity index (χ1) is 6.63. The first kappa shape index (κ1) is 12.5. The summed E-state index contributed by atoms with van der Waals surface area (Å²) in [5, 5.41) is 1.05. The Morgan fingerprint density at radius 2 is 2.00 bits per heavy atom. The molecule has 0 aliphatic heterocycles. The third-order valence-corrected chi connectivity index (χ3v) is 4.54. The van der Waals surface area contributed by atoms with Crippen LogP contribution in [0.2, 0.25) is 0 Å². The predicted molar refractivity (Wildman–Crippen MR) is 64.9 cm³/mol. The Morgan fingerprint density at radius 3 is 2.57 bits per heavy atom. The summed E-state index contributed by atoms with van der Waals surface area (Å²) in [6.07, 6.45) is 4.40. The molecule has 84 valence electrons. The van der Waals surface area contributed by atoms with Crippen LogP contribution in [0.1, 0.15) is 40.0 Å². The molecule has 1 fully saturated rings. The SMILES string of the molecule is CC(CBr)COC1CCC(C)C(C)C1. The first-order valence-corrected chi connectivity index (χ1v) is 6.93. The van der Waals surface area contributed by atoms with E-state index in [1.807, 2.05) is 0 Å². The number of rotatable bonds is 4. The Hall–Kier alpha value is 0.440. The van der Waals surface area contributed by atoms with Crippen LogP contribution in [-0.2, 0) is 4.74 Å². The van der Waals surface area contributed by atoms with Crippen LogP contribution in [0.15, 0.2) is 0 Å². The second-order valence-electron chi connectivity index (χ2n) is 4.98. The summed E-state index contributed by atoms with van der Waals surface area (Å²) >= 11 is 3.48. The molecule has 0 heterocycles. The van der Waals surface area contributed by atoms with E-state index in [2.05, 4.69) is 36.7 Å². The van der Waals surface area contributed by atoms with Crippen LogP contribution in [0.4, 0.5) is 0 Å². The number of halogens is 1. The molecule has 0 aromatic carbocycles. The van der Waals surface area contributed by atoms with Crippen molar-refractivity contribution in [3.8, 4) is 0 Å². The maximum absolute atomic E-state index is 5.92. The molecule has 1 saturated carbocycles. The molecular formula is C12H23BrO. The van der Waals surface area contributed by atoms with Gasteiger partial charge in [-0.3, -0.25) is 0 Å². The zero-order valence-corrected chi connectivity index (χ0v) is 11.2. The Labute approximate surface area is 96.7 Å². The van der Waals surface area contributed by atoms with Crippen LogP contribution in [0.3, 0.4) is 0 Å². The van der Waals surface area contributed by atoms with E-state index < -0.39 is 0 Å². The zero-order chi connectivity index (χ0) is 10.6. The standard InChI is InChI=1S/C12H23BrO/c1-9(7-13)8-14-12-5-4-10(2)11(3)6-12/h9-12H,4-8H2,1-3H3. The molecule has 4 atom stereocenters. The smallest absolute Gasteiger partial charge is 0.0578 e. The van der Waals surface area contributed by atoms with Crippen molar-refractivity contribution in [2.45, 2.75) is 46.1 Å². The van der Waals surface area contributed by atoms with Gasteiger partial charge in [-0.25, -0.2) is 0 Å². The van der Waals surface area contributed by atoms with Gasteiger partial charge in [-0.1, -0.05) is 36.7 Å². The Kier molecular flexibility index (Phi) is 5.47. The second-order valence-corrected chi connectivity index (χ2v) is 5.63. The number of hydrogen-bond donors (Lipinski definition) is 0. The van der Waals surface area contributed by atoms with Crippen molar-refractivity contribution in [1.82, 2.24) is 0 Å². The van der Waals surface area contributed by atoms with E-state index in [1.165, 1.54) is 19.3 Å². The third kappa shape index (κ3) is 3.90. The highest BCUT2D eigenvalue weighted by molar-refractivity contribution is 9.09. The van der Waals surface area contributed by atoms with Crippen molar-refractivity contribution in [3.63, 3.8) is 0 Å². The van der Waals surface area contributed by atoms with Gasteiger partial charge in [0.2, 0.25) is 0 Å². The van der Waals surface area contributed by atoms with Crippen LogP contribution in [0, 0.1) is 17.8 Å². The van der Waals surface area contributed by atoms with Crippen molar-refractivity contribution in [2.24, 2.45) is 17.8 Å². The van der Waals surface area contributed by atoms with Crippen LogP contribution in [0.5, 0.6) is 0 Å². The lowest BCUT2D eigenvalue weighted by atomic mass is 9.80. The third-order valence-electron chi connectivity index (χ3n) is 3.43. The Bertz CT molecular complexity index is 160. The normalized spacial score (nSPS) is 35.6. The summed E-state index contributed by atoms with van der Waals surface area (Å²) in [7, 11) is 0. The lowest BCUT2D eigenvalue weighted by Crippen LogP contribution is -2.28. The maximum atomic E-state index is 5.92. The van der Waals surface area contributed by atoms with Gasteiger partial charge in [0.25, 0.3) is 0 Å². The summed E-state index contributed by atoms with van der Waals surface area (Å²) < 4.78 is 5.92. The average molecular weight is 263 g/mol. The molecule has 2 heteroatoms. The van der Waals surface area contributed by atoms with Gasteiger partial charge in [0.1, 0.15) is 0 Å². The minimum Gasteiger partial charge on any atom is -0.378 e. The van der Waals surface area contributed by atoms with E-state index in [1.54, 1.807) is 0 Å². The van der Waals surface area contributed by atoms with E-state index in [-0.39, 0.29) is 0 Å². The van der Waals surface area contributed by atoms with E-state index in [0.717, 1.165) is 23.8 Å². The molecule has 0 bridgehead atoms. The molecule has 14 heavy (non-hydrogen) atoms. The van der Waals surface area contributed by atoms with E-state index in [4.69, 9.17) is 4.74 Å². The van der Waals surface area contributed by atoms with Crippen molar-refractivity contribution in [1.29, 1.82) is 0 Å². The lowest BCUT2D eigenvalue weighted by Gasteiger charge is -2.32. The van der Waals surface area contributed by atoms with Crippen molar-refractivity contribution in [3.05, 3.63) is 0 Å². The van der Waals surface area contributed by atoms with Crippen LogP contribution < -0.4 is 0 Å². The van der Waals surface area contributed by atoms with Gasteiger partial charge < -0.3 is 4.74 Å². The second kappa shape index (κ2) is 6.12. The van der Waals surface area contributed by atoms with Crippen molar-refractivity contribution in [2.75, 3.05) is 11.9 Å². The molecule has 0 N–H and O–H groups in total. The molecule has 1 aliphatic carbocycles. The highest BCUT2D eigenvalue weighted by Gasteiger charge is 2.25. The maximum Gasteiger partial charge on any atom is 0.0578 e. The molecule has 0 aromatic rings. The predicted octanol–water partition coefficient (Wildman–Crippen LogP) is 3.86. The number of ether oxygens (including phenoxy) is 1. The average Bonchev–Trinajstić information content (AvgIpc) is 2.19. The Balaban J connectivity index is 2.20. The van der Waals surface area contributed by atoms with E-state index in [9.17, 15) is 0 Å². The number of hydrogen-bond acceptors (Lipinski definition) is 1. The van der Waals surface area contributed by atoms with Crippen molar-refractivity contribution < 1.29 is 4.74 Å². The van der Waals surface area contributed by atoms with Gasteiger partial charge in [-0.05, 0) is 37.0 Å². The topological polar surface area (TPSA) is 9.23 Å². The molecule has 4 unspecified atom stereocenters. The van der Waals surface area contributed by atoms with Crippen molar-refractivity contribution >= 4 is 15.9 Å². The fraction of sp³-hybridized carbons (Fsp3) is 1.00. The molecule has 0 saturated heterocycles. The monoisotopic (exact) mass is 262 g/mol. The highest BCUT2D eigenvalue weighted by atomic mass is 79.9. The number of alkyl halides is 1. The summed E-state index contributed by atoms with van der Waals surface area (Å²) in [5.41, 5.74) is 0. The minimum atomic E-state index is 0.530. The molecular weight excluding hydrogens is 240 g/mol. The van der Waals surface area contributed by atoms with E-state index >= 15 is 0 Å². The zero-order valence-electron chi connectivity index (χ0n) is 9.63. The van der Waals surface area contributed by atoms with Gasteiger partial charge in [-0.15, -0.1) is 0 Å². The molecule has 0 aromatic heterocycles. The molecule has 1 rings (SSSR count). The van der Waals surface area contributed by atoms with Gasteiger partial charge >= 0.3 is 0 Å². The van der Waals surface area contributed by atoms with Gasteiger partial charge in [0.15, 0.2) is 0 Å². The van der Waals surface area contributed by atoms with Gasteiger partial charge in [0, 0.05) is 5.33 Å². The van der Waals surface area contributed by atoms with Gasteiger partial charge in [0.05, 0.1) is 12.7 Å². The fourth-order valence-electron chi connectivity index (χ4n) is 1.99. The molecule has 0 amide bonds. The van der Waals surface area contributed by atoms with Crippen LogP contribution in [-0.4, -0.2) is 18.0 Å². The quantitative estimate of drug-likeness (QED) is 0.700.